The summed E-state index contributed by atoms with van der Waals surface area (Å²) in [7, 11) is 0. The number of aliphatic hydroxyl groups excluding tert-OH is 1. The molecule has 1 aliphatic rings. The Kier molecular flexibility index (Phi) is 5.68. The highest BCUT2D eigenvalue weighted by molar-refractivity contribution is 4.83. The molecule has 1 aromatic heterocycles. The van der Waals surface area contributed by atoms with E-state index in [2.05, 4.69) is 32.2 Å². The number of aliphatic hydroxyl groups is 1. The number of unbranched alkanes of at least 4 members (excludes halogenated alkanes) is 1. The van der Waals surface area contributed by atoms with Crippen LogP contribution in [-0.4, -0.2) is 74.4 Å². The molecule has 7 heteroatoms. The molecule has 0 saturated carbocycles. The third-order valence-corrected chi connectivity index (χ3v) is 3.58. The van der Waals surface area contributed by atoms with E-state index in [1.807, 2.05) is 4.68 Å². The Hall–Kier alpha value is -1.05. The number of nitrogens with zero attached hydrogens (tertiary/aromatic N) is 6. The minimum absolute atomic E-state index is 0.245. The fourth-order valence-electron chi connectivity index (χ4n) is 2.33. The summed E-state index contributed by atoms with van der Waals surface area (Å²) in [4.78, 5) is 4.67. The van der Waals surface area contributed by atoms with Crippen molar-refractivity contribution < 1.29 is 5.11 Å². The summed E-state index contributed by atoms with van der Waals surface area (Å²) >= 11 is 0. The maximum Gasteiger partial charge on any atom is 0.165 e. The highest BCUT2D eigenvalue weighted by Gasteiger charge is 2.18. The fourth-order valence-corrected chi connectivity index (χ4v) is 2.33. The van der Waals surface area contributed by atoms with Crippen molar-refractivity contribution in [1.29, 1.82) is 0 Å². The quantitative estimate of drug-likeness (QED) is 0.724. The van der Waals surface area contributed by atoms with Crippen LogP contribution < -0.4 is 0 Å². The molecule has 1 saturated heterocycles. The van der Waals surface area contributed by atoms with Gasteiger partial charge in [0.15, 0.2) is 5.82 Å². The molecule has 108 valence electrons. The van der Waals surface area contributed by atoms with Crippen LogP contribution in [0.1, 0.15) is 25.6 Å². The lowest BCUT2D eigenvalue weighted by Gasteiger charge is -2.33. The number of piperazine rings is 1. The highest BCUT2D eigenvalue weighted by atomic mass is 16.3. The molecule has 0 radical (unpaired) electrons. The Morgan fingerprint density at radius 2 is 1.84 bits per heavy atom. The number of hydrogen-bond acceptors (Lipinski definition) is 6. The molecule has 2 heterocycles. The van der Waals surface area contributed by atoms with E-state index < -0.39 is 0 Å². The molecule has 7 nitrogen and oxygen atoms in total. The molecule has 0 aromatic carbocycles. The van der Waals surface area contributed by atoms with Crippen molar-refractivity contribution in [2.24, 2.45) is 0 Å². The Morgan fingerprint density at radius 3 is 2.53 bits per heavy atom. The first-order chi connectivity index (χ1) is 9.33. The first kappa shape index (κ1) is 14.4. The lowest BCUT2D eigenvalue weighted by atomic mass is 10.3. The molecule has 2 rings (SSSR count). The third kappa shape index (κ3) is 4.22. The van der Waals surface area contributed by atoms with Gasteiger partial charge in [0, 0.05) is 39.3 Å². The molecule has 0 bridgehead atoms. The van der Waals surface area contributed by atoms with E-state index in [1.54, 1.807) is 0 Å². The lowest BCUT2D eigenvalue weighted by Crippen LogP contribution is -2.46. The van der Waals surface area contributed by atoms with Crippen molar-refractivity contribution in [1.82, 2.24) is 30.0 Å². The Labute approximate surface area is 114 Å². The van der Waals surface area contributed by atoms with Crippen LogP contribution in [0.25, 0.3) is 0 Å². The average Bonchev–Trinajstić information content (AvgIpc) is 2.86. The monoisotopic (exact) mass is 268 g/mol. The van der Waals surface area contributed by atoms with Crippen LogP contribution in [0.5, 0.6) is 0 Å². The molecule has 0 amide bonds. The van der Waals surface area contributed by atoms with Gasteiger partial charge in [0.2, 0.25) is 0 Å². The Morgan fingerprint density at radius 1 is 1.11 bits per heavy atom. The molecule has 1 aromatic rings. The van der Waals surface area contributed by atoms with Crippen molar-refractivity contribution in [3.8, 4) is 0 Å². The van der Waals surface area contributed by atoms with Crippen LogP contribution >= 0.6 is 0 Å². The van der Waals surface area contributed by atoms with Crippen LogP contribution in [0.3, 0.4) is 0 Å². The summed E-state index contributed by atoms with van der Waals surface area (Å²) in [5.41, 5.74) is 0. The zero-order valence-corrected chi connectivity index (χ0v) is 11.7. The van der Waals surface area contributed by atoms with Crippen LogP contribution in [0.4, 0.5) is 0 Å². The topological polar surface area (TPSA) is 70.3 Å². The maximum absolute atomic E-state index is 8.93. The van der Waals surface area contributed by atoms with Crippen molar-refractivity contribution in [3.05, 3.63) is 5.82 Å². The molecule has 0 unspecified atom stereocenters. The summed E-state index contributed by atoms with van der Waals surface area (Å²) in [6.07, 6.45) is 2.27. The van der Waals surface area contributed by atoms with Crippen LogP contribution in [-0.2, 0) is 13.1 Å². The molecule has 1 fully saturated rings. The van der Waals surface area contributed by atoms with Gasteiger partial charge in [-0.3, -0.25) is 9.80 Å². The van der Waals surface area contributed by atoms with E-state index in [9.17, 15) is 0 Å². The van der Waals surface area contributed by atoms with Gasteiger partial charge in [0.05, 0.1) is 13.2 Å². The average molecular weight is 268 g/mol. The number of aryl methyl sites for hydroxylation is 1. The number of hydrogen-bond donors (Lipinski definition) is 1. The first-order valence-electron chi connectivity index (χ1n) is 7.14. The Balaban J connectivity index is 1.80. The van der Waals surface area contributed by atoms with E-state index in [4.69, 9.17) is 5.11 Å². The molecular weight excluding hydrogens is 244 g/mol. The SMILES string of the molecule is CCCCn1nnnc1CN1CCN(CCO)CC1. The second kappa shape index (κ2) is 7.52. The van der Waals surface area contributed by atoms with Gasteiger partial charge >= 0.3 is 0 Å². The van der Waals surface area contributed by atoms with Crippen molar-refractivity contribution in [2.75, 3.05) is 39.3 Å². The van der Waals surface area contributed by atoms with Gasteiger partial charge in [-0.1, -0.05) is 13.3 Å². The van der Waals surface area contributed by atoms with Crippen molar-refractivity contribution in [2.45, 2.75) is 32.9 Å². The number of aromatic nitrogens is 4. The fraction of sp³-hybridized carbons (Fsp3) is 0.917. The summed E-state index contributed by atoms with van der Waals surface area (Å²) in [6.45, 7) is 8.98. The van der Waals surface area contributed by atoms with E-state index in [0.717, 1.165) is 64.5 Å². The van der Waals surface area contributed by atoms with Gasteiger partial charge in [0.1, 0.15) is 0 Å². The minimum atomic E-state index is 0.245. The first-order valence-corrected chi connectivity index (χ1v) is 7.14. The molecule has 1 aliphatic heterocycles. The number of β-amino-alcohol motifs (C(OH)–C–C–N with tert-alkyl or cyclic N) is 1. The van der Waals surface area contributed by atoms with Crippen LogP contribution in [0, 0.1) is 0 Å². The van der Waals surface area contributed by atoms with Crippen LogP contribution in [0.15, 0.2) is 0 Å². The molecule has 1 N–H and O–H groups in total. The van der Waals surface area contributed by atoms with Crippen molar-refractivity contribution >= 4 is 0 Å². The summed E-state index contributed by atoms with van der Waals surface area (Å²) < 4.78 is 1.92. The molecule has 19 heavy (non-hydrogen) atoms. The van der Waals surface area contributed by atoms with Crippen molar-refractivity contribution in [3.63, 3.8) is 0 Å². The summed E-state index contributed by atoms with van der Waals surface area (Å²) in [5, 5.41) is 20.9. The van der Waals surface area contributed by atoms with E-state index in [0.29, 0.717) is 0 Å². The largest absolute Gasteiger partial charge is 0.395 e. The minimum Gasteiger partial charge on any atom is -0.395 e. The predicted molar refractivity (Wildman–Crippen MR) is 71.5 cm³/mol. The molecule has 0 atom stereocenters. The van der Waals surface area contributed by atoms with Crippen LogP contribution in [0.2, 0.25) is 0 Å². The second-order valence-electron chi connectivity index (χ2n) is 5.01. The zero-order valence-electron chi connectivity index (χ0n) is 11.7. The summed E-state index contributed by atoms with van der Waals surface area (Å²) in [5.74, 6) is 0.962. The standard InChI is InChI=1S/C12H24N6O/c1-2-3-4-18-12(13-14-15-18)11-17-7-5-16(6-8-17)9-10-19/h19H,2-11H2,1H3. The third-order valence-electron chi connectivity index (χ3n) is 3.58. The number of rotatable bonds is 7. The predicted octanol–water partition coefficient (Wildman–Crippen LogP) is -0.417. The number of tetrazole rings is 1. The normalized spacial score (nSPS) is 18.0. The molecule has 0 aliphatic carbocycles. The van der Waals surface area contributed by atoms with Gasteiger partial charge < -0.3 is 5.11 Å². The maximum atomic E-state index is 8.93. The van der Waals surface area contributed by atoms with E-state index in [1.165, 1.54) is 0 Å². The van der Waals surface area contributed by atoms with E-state index in [-0.39, 0.29) is 6.61 Å². The van der Waals surface area contributed by atoms with E-state index >= 15 is 0 Å². The van der Waals surface area contributed by atoms with Gasteiger partial charge in [-0.15, -0.1) is 5.10 Å². The van der Waals surface area contributed by atoms with Gasteiger partial charge in [-0.05, 0) is 16.8 Å². The molecule has 0 spiro atoms. The highest BCUT2D eigenvalue weighted by Crippen LogP contribution is 2.06. The second-order valence-corrected chi connectivity index (χ2v) is 5.01. The zero-order chi connectivity index (χ0) is 13.5. The van der Waals surface area contributed by atoms with Gasteiger partial charge in [0.25, 0.3) is 0 Å². The lowest BCUT2D eigenvalue weighted by molar-refractivity contribution is 0.106. The smallest absolute Gasteiger partial charge is 0.165 e. The molecular formula is C12H24N6O. The summed E-state index contributed by atoms with van der Waals surface area (Å²) in [6, 6.07) is 0. The van der Waals surface area contributed by atoms with Gasteiger partial charge in [-0.2, -0.15) is 0 Å². The van der Waals surface area contributed by atoms with Gasteiger partial charge in [-0.25, -0.2) is 4.68 Å². The Bertz CT molecular complexity index is 361.